The maximum absolute atomic E-state index is 13.5. The molecule has 0 aliphatic carbocycles. The van der Waals surface area contributed by atoms with Gasteiger partial charge in [-0.15, -0.1) is 0 Å². The van der Waals surface area contributed by atoms with Crippen LogP contribution in [0.2, 0.25) is 0 Å². The molecule has 1 amide bonds. The second-order valence-electron chi connectivity index (χ2n) is 4.98. The molecule has 5 nitrogen and oxygen atoms in total. The van der Waals surface area contributed by atoms with E-state index in [-0.39, 0.29) is 17.0 Å². The molecule has 0 bridgehead atoms. The van der Waals surface area contributed by atoms with Crippen molar-refractivity contribution in [2.45, 2.75) is 6.18 Å². The van der Waals surface area contributed by atoms with Gasteiger partial charge in [0.15, 0.2) is 0 Å². The lowest BCUT2D eigenvalue weighted by atomic mass is 10.1. The molecular weight excluding hydrogens is 330 g/mol. The number of carbonyl (C=O) groups is 1. The van der Waals surface area contributed by atoms with Gasteiger partial charge in [-0.1, -0.05) is 0 Å². The molecule has 3 rings (SSSR count). The number of nitrogens with zero attached hydrogens (tertiary/aromatic N) is 1. The molecule has 0 radical (unpaired) electrons. The average Bonchev–Trinajstić information content (AvgIpc) is 2.95. The summed E-state index contributed by atoms with van der Waals surface area (Å²) in [6.45, 7) is 0. The minimum absolute atomic E-state index is 0.0246. The van der Waals surface area contributed by atoms with Crippen LogP contribution in [0, 0.1) is 5.82 Å². The van der Waals surface area contributed by atoms with Crippen LogP contribution in [0.15, 0.2) is 36.4 Å². The highest BCUT2D eigenvalue weighted by Crippen LogP contribution is 2.33. The molecule has 0 saturated heterocycles. The van der Waals surface area contributed by atoms with Gasteiger partial charge in [0, 0.05) is 11.1 Å². The van der Waals surface area contributed by atoms with Crippen LogP contribution in [0.25, 0.3) is 22.4 Å². The van der Waals surface area contributed by atoms with Crippen molar-refractivity contribution in [1.82, 2.24) is 15.4 Å². The molecule has 2 aromatic carbocycles. The second kappa shape index (κ2) is 5.60. The van der Waals surface area contributed by atoms with E-state index in [0.717, 1.165) is 12.1 Å². The third-order valence-electron chi connectivity index (χ3n) is 3.34. The van der Waals surface area contributed by atoms with E-state index in [0.29, 0.717) is 17.1 Å². The molecule has 1 aromatic heterocycles. The van der Waals surface area contributed by atoms with Crippen molar-refractivity contribution in [3.63, 3.8) is 0 Å². The van der Waals surface area contributed by atoms with Crippen molar-refractivity contribution in [3.05, 3.63) is 53.3 Å². The number of amides is 1. The number of imidazole rings is 1. The zero-order valence-corrected chi connectivity index (χ0v) is 11.8. The lowest BCUT2D eigenvalue weighted by molar-refractivity contribution is -0.137. The summed E-state index contributed by atoms with van der Waals surface area (Å²) in [4.78, 5) is 18.2. The first-order chi connectivity index (χ1) is 11.3. The van der Waals surface area contributed by atoms with Gasteiger partial charge >= 0.3 is 6.18 Å². The quantitative estimate of drug-likeness (QED) is 0.380. The van der Waals surface area contributed by atoms with Crippen LogP contribution in [0.4, 0.5) is 17.6 Å². The summed E-state index contributed by atoms with van der Waals surface area (Å²) in [6.07, 6.45) is -4.69. The standard InChI is InChI=1S/C15H9F4N3O2/c16-10-4-8(3-9(6-10)15(17,18)19)13-20-11-2-1-7(14(23)22-24)5-12(11)21-13/h1-6,24H,(H,20,21)(H,22,23). The third kappa shape index (κ3) is 2.93. The Morgan fingerprint density at radius 1 is 1.17 bits per heavy atom. The van der Waals surface area contributed by atoms with Gasteiger partial charge in [0.1, 0.15) is 11.6 Å². The molecule has 24 heavy (non-hydrogen) atoms. The number of H-pyrrole nitrogens is 1. The van der Waals surface area contributed by atoms with E-state index in [4.69, 9.17) is 5.21 Å². The summed E-state index contributed by atoms with van der Waals surface area (Å²) in [5, 5.41) is 8.61. The minimum atomic E-state index is -4.69. The summed E-state index contributed by atoms with van der Waals surface area (Å²) >= 11 is 0. The Morgan fingerprint density at radius 3 is 2.58 bits per heavy atom. The Kier molecular flexibility index (Phi) is 3.72. The maximum Gasteiger partial charge on any atom is 0.416 e. The van der Waals surface area contributed by atoms with Crippen LogP contribution in [0.5, 0.6) is 0 Å². The van der Waals surface area contributed by atoms with Gasteiger partial charge in [-0.2, -0.15) is 13.2 Å². The number of aromatic amines is 1. The highest BCUT2D eigenvalue weighted by molar-refractivity contribution is 5.97. The van der Waals surface area contributed by atoms with E-state index >= 15 is 0 Å². The van der Waals surface area contributed by atoms with E-state index in [1.807, 2.05) is 0 Å². The summed E-state index contributed by atoms with van der Waals surface area (Å²) in [5.74, 6) is -1.77. The summed E-state index contributed by atoms with van der Waals surface area (Å²) in [6, 6.07) is 6.29. The number of nitrogens with one attached hydrogen (secondary N) is 2. The molecule has 124 valence electrons. The number of carbonyl (C=O) groups excluding carboxylic acids is 1. The van der Waals surface area contributed by atoms with E-state index < -0.39 is 23.5 Å². The fraction of sp³-hybridized carbons (Fsp3) is 0.0667. The Balaban J connectivity index is 2.10. The Hall–Kier alpha value is -2.94. The normalized spacial score (nSPS) is 11.7. The molecule has 0 unspecified atom stereocenters. The molecular formula is C15H9F4N3O2. The van der Waals surface area contributed by atoms with Gasteiger partial charge in [0.05, 0.1) is 16.6 Å². The van der Waals surface area contributed by atoms with E-state index in [1.165, 1.54) is 23.7 Å². The number of hydroxylamine groups is 1. The highest BCUT2D eigenvalue weighted by Gasteiger charge is 2.31. The van der Waals surface area contributed by atoms with Crippen LogP contribution in [-0.2, 0) is 6.18 Å². The Morgan fingerprint density at radius 2 is 1.92 bits per heavy atom. The lowest BCUT2D eigenvalue weighted by Gasteiger charge is -2.08. The number of rotatable bonds is 2. The van der Waals surface area contributed by atoms with Gasteiger partial charge in [-0.25, -0.2) is 14.9 Å². The molecule has 9 heteroatoms. The Labute approximate surface area is 131 Å². The first-order valence-corrected chi connectivity index (χ1v) is 6.60. The second-order valence-corrected chi connectivity index (χ2v) is 4.98. The largest absolute Gasteiger partial charge is 0.416 e. The SMILES string of the molecule is O=C(NO)c1ccc2nc(-c3cc(F)cc(C(F)(F)F)c3)[nH]c2c1. The topological polar surface area (TPSA) is 78.0 Å². The van der Waals surface area contributed by atoms with Gasteiger partial charge in [-0.3, -0.25) is 10.0 Å². The molecule has 0 aliphatic rings. The first-order valence-electron chi connectivity index (χ1n) is 6.60. The predicted molar refractivity (Wildman–Crippen MR) is 75.7 cm³/mol. The monoisotopic (exact) mass is 339 g/mol. The zero-order chi connectivity index (χ0) is 17.5. The predicted octanol–water partition coefficient (Wildman–Crippen LogP) is 3.51. The van der Waals surface area contributed by atoms with Crippen LogP contribution in [0.3, 0.4) is 0 Å². The van der Waals surface area contributed by atoms with Gasteiger partial charge in [0.25, 0.3) is 5.91 Å². The fourth-order valence-corrected chi connectivity index (χ4v) is 2.24. The smallest absolute Gasteiger partial charge is 0.338 e. The lowest BCUT2D eigenvalue weighted by Crippen LogP contribution is -2.18. The van der Waals surface area contributed by atoms with Crippen molar-refractivity contribution < 1.29 is 27.6 Å². The molecule has 0 fully saturated rings. The van der Waals surface area contributed by atoms with Gasteiger partial charge < -0.3 is 4.98 Å². The molecule has 3 N–H and O–H groups in total. The summed E-state index contributed by atoms with van der Waals surface area (Å²) < 4.78 is 51.8. The highest BCUT2D eigenvalue weighted by atomic mass is 19.4. The van der Waals surface area contributed by atoms with Gasteiger partial charge in [-0.05, 0) is 36.4 Å². The summed E-state index contributed by atoms with van der Waals surface area (Å²) in [7, 11) is 0. The van der Waals surface area contributed by atoms with E-state index in [1.54, 1.807) is 0 Å². The molecule has 0 aliphatic heterocycles. The third-order valence-corrected chi connectivity index (χ3v) is 3.34. The molecule has 0 saturated carbocycles. The van der Waals surface area contributed by atoms with Crippen LogP contribution in [-0.4, -0.2) is 21.1 Å². The van der Waals surface area contributed by atoms with Crippen molar-refractivity contribution in [1.29, 1.82) is 0 Å². The van der Waals surface area contributed by atoms with Crippen LogP contribution in [0.1, 0.15) is 15.9 Å². The molecule has 3 aromatic rings. The van der Waals surface area contributed by atoms with Gasteiger partial charge in [0.2, 0.25) is 0 Å². The number of alkyl halides is 3. The van der Waals surface area contributed by atoms with Crippen LogP contribution >= 0.6 is 0 Å². The number of hydrogen-bond donors (Lipinski definition) is 3. The van der Waals surface area contributed by atoms with E-state index in [2.05, 4.69) is 9.97 Å². The number of hydrogen-bond acceptors (Lipinski definition) is 3. The zero-order valence-electron chi connectivity index (χ0n) is 11.8. The minimum Gasteiger partial charge on any atom is -0.338 e. The van der Waals surface area contributed by atoms with Crippen molar-refractivity contribution in [2.24, 2.45) is 0 Å². The number of aromatic nitrogens is 2. The van der Waals surface area contributed by atoms with Crippen molar-refractivity contribution in [3.8, 4) is 11.4 Å². The maximum atomic E-state index is 13.5. The van der Waals surface area contributed by atoms with Crippen LogP contribution < -0.4 is 5.48 Å². The number of halogens is 4. The number of benzene rings is 2. The first kappa shape index (κ1) is 15.9. The van der Waals surface area contributed by atoms with Crippen molar-refractivity contribution in [2.75, 3.05) is 0 Å². The summed E-state index contributed by atoms with van der Waals surface area (Å²) in [5.41, 5.74) is 1.11. The Bertz CT molecular complexity index is 934. The van der Waals surface area contributed by atoms with E-state index in [9.17, 15) is 22.4 Å². The molecule has 0 atom stereocenters. The average molecular weight is 339 g/mol. The fourth-order valence-electron chi connectivity index (χ4n) is 2.24. The molecule has 1 heterocycles. The molecule has 0 spiro atoms. The van der Waals surface area contributed by atoms with Crippen molar-refractivity contribution >= 4 is 16.9 Å². The number of fused-ring (bicyclic) bond motifs is 1.